The fourth-order valence-electron chi connectivity index (χ4n) is 2.00. The molecule has 0 aliphatic carbocycles. The molecule has 0 saturated heterocycles. The molecule has 21 heavy (non-hydrogen) atoms. The molecule has 1 atom stereocenters. The molecule has 0 spiro atoms. The SMILES string of the molecule is CCC(SN(C)C(=O)Nc1ccccc1)c1ccccc1. The topological polar surface area (TPSA) is 32.3 Å². The zero-order valence-corrected chi connectivity index (χ0v) is 13.1. The molecule has 4 heteroatoms. The highest BCUT2D eigenvalue weighted by molar-refractivity contribution is 7.97. The minimum Gasteiger partial charge on any atom is -0.307 e. The lowest BCUT2D eigenvalue weighted by atomic mass is 10.1. The molecule has 1 N–H and O–H groups in total. The van der Waals surface area contributed by atoms with Crippen molar-refractivity contribution in [2.75, 3.05) is 12.4 Å². The predicted molar refractivity (Wildman–Crippen MR) is 90.3 cm³/mol. The third kappa shape index (κ3) is 4.53. The van der Waals surface area contributed by atoms with E-state index in [1.807, 2.05) is 48.5 Å². The summed E-state index contributed by atoms with van der Waals surface area (Å²) in [6.45, 7) is 2.13. The number of para-hydroxylation sites is 1. The number of nitrogens with one attached hydrogen (secondary N) is 1. The van der Waals surface area contributed by atoms with E-state index in [4.69, 9.17) is 0 Å². The van der Waals surface area contributed by atoms with E-state index in [0.717, 1.165) is 12.1 Å². The number of carbonyl (C=O) groups excluding carboxylic acids is 1. The van der Waals surface area contributed by atoms with E-state index in [9.17, 15) is 4.79 Å². The van der Waals surface area contributed by atoms with Gasteiger partial charge in [0.25, 0.3) is 0 Å². The van der Waals surface area contributed by atoms with Gasteiger partial charge in [0.15, 0.2) is 0 Å². The molecule has 0 fully saturated rings. The van der Waals surface area contributed by atoms with E-state index in [-0.39, 0.29) is 11.3 Å². The van der Waals surface area contributed by atoms with Crippen LogP contribution >= 0.6 is 11.9 Å². The number of urea groups is 1. The molecule has 0 aromatic heterocycles. The van der Waals surface area contributed by atoms with Crippen molar-refractivity contribution in [2.45, 2.75) is 18.6 Å². The first-order valence-electron chi connectivity index (χ1n) is 7.02. The second kappa shape index (κ2) is 7.74. The molecule has 0 radical (unpaired) electrons. The van der Waals surface area contributed by atoms with Crippen molar-refractivity contribution < 1.29 is 4.79 Å². The molecule has 1 unspecified atom stereocenters. The molecule has 0 aliphatic rings. The molecule has 0 heterocycles. The summed E-state index contributed by atoms with van der Waals surface area (Å²) in [4.78, 5) is 12.2. The summed E-state index contributed by atoms with van der Waals surface area (Å²) in [6, 6.07) is 19.7. The second-order valence-electron chi connectivity index (χ2n) is 4.71. The van der Waals surface area contributed by atoms with Crippen molar-refractivity contribution in [3.63, 3.8) is 0 Å². The van der Waals surface area contributed by atoms with Gasteiger partial charge in [-0.25, -0.2) is 4.79 Å². The van der Waals surface area contributed by atoms with Crippen LogP contribution in [0.5, 0.6) is 0 Å². The van der Waals surface area contributed by atoms with Gasteiger partial charge in [0.2, 0.25) is 0 Å². The maximum atomic E-state index is 12.2. The third-order valence-corrected chi connectivity index (χ3v) is 4.48. The number of amides is 2. The van der Waals surface area contributed by atoms with E-state index >= 15 is 0 Å². The number of anilines is 1. The first-order valence-corrected chi connectivity index (χ1v) is 7.86. The van der Waals surface area contributed by atoms with Crippen LogP contribution in [0.4, 0.5) is 10.5 Å². The molecule has 2 rings (SSSR count). The summed E-state index contributed by atoms with van der Waals surface area (Å²) in [6.07, 6.45) is 0.970. The minimum atomic E-state index is -0.111. The number of nitrogens with zero attached hydrogens (tertiary/aromatic N) is 1. The van der Waals surface area contributed by atoms with Crippen LogP contribution in [0, 0.1) is 0 Å². The molecule has 2 amide bonds. The van der Waals surface area contributed by atoms with E-state index in [1.54, 1.807) is 23.3 Å². The minimum absolute atomic E-state index is 0.111. The fraction of sp³-hybridized carbons (Fsp3) is 0.235. The summed E-state index contributed by atoms with van der Waals surface area (Å²) < 4.78 is 1.66. The van der Waals surface area contributed by atoms with E-state index < -0.39 is 0 Å². The van der Waals surface area contributed by atoms with Gasteiger partial charge >= 0.3 is 6.03 Å². The van der Waals surface area contributed by atoms with Gasteiger partial charge in [0.1, 0.15) is 0 Å². The van der Waals surface area contributed by atoms with Crippen molar-refractivity contribution in [1.82, 2.24) is 4.31 Å². The van der Waals surface area contributed by atoms with Crippen LogP contribution in [-0.4, -0.2) is 17.4 Å². The summed E-state index contributed by atoms with van der Waals surface area (Å²) in [5.41, 5.74) is 2.05. The van der Waals surface area contributed by atoms with Crippen molar-refractivity contribution >= 4 is 23.7 Å². The van der Waals surface area contributed by atoms with Crippen molar-refractivity contribution in [3.8, 4) is 0 Å². The molecule has 0 bridgehead atoms. The van der Waals surface area contributed by atoms with Gasteiger partial charge < -0.3 is 5.32 Å². The predicted octanol–water partition coefficient (Wildman–Crippen LogP) is 4.95. The smallest absolute Gasteiger partial charge is 0.307 e. The summed E-state index contributed by atoms with van der Waals surface area (Å²) in [5.74, 6) is 0. The van der Waals surface area contributed by atoms with Gasteiger partial charge in [-0.15, -0.1) is 0 Å². The molecule has 2 aromatic carbocycles. The second-order valence-corrected chi connectivity index (χ2v) is 6.03. The van der Waals surface area contributed by atoms with Crippen molar-refractivity contribution in [1.29, 1.82) is 0 Å². The van der Waals surface area contributed by atoms with Gasteiger partial charge in [-0.3, -0.25) is 4.31 Å². The van der Waals surface area contributed by atoms with E-state index in [2.05, 4.69) is 24.4 Å². The maximum absolute atomic E-state index is 12.2. The molecule has 110 valence electrons. The zero-order chi connectivity index (χ0) is 15.1. The lowest BCUT2D eigenvalue weighted by molar-refractivity contribution is 0.243. The van der Waals surface area contributed by atoms with Crippen LogP contribution in [0.25, 0.3) is 0 Å². The quantitative estimate of drug-likeness (QED) is 0.792. The Morgan fingerprint density at radius 3 is 2.24 bits per heavy atom. The zero-order valence-electron chi connectivity index (χ0n) is 12.3. The Hall–Kier alpha value is -1.94. The lowest BCUT2D eigenvalue weighted by Crippen LogP contribution is -2.26. The Kier molecular flexibility index (Phi) is 5.69. The highest BCUT2D eigenvalue weighted by Crippen LogP contribution is 2.33. The van der Waals surface area contributed by atoms with Crippen LogP contribution < -0.4 is 5.32 Å². The highest BCUT2D eigenvalue weighted by atomic mass is 32.2. The Labute approximate surface area is 130 Å². The summed E-state index contributed by atoms with van der Waals surface area (Å²) in [5, 5.41) is 3.16. The average Bonchev–Trinajstić information content (AvgIpc) is 2.54. The Bertz CT molecular complexity index is 560. The molecular weight excluding hydrogens is 280 g/mol. The first kappa shape index (κ1) is 15.4. The normalized spacial score (nSPS) is 11.7. The number of benzene rings is 2. The Morgan fingerprint density at radius 1 is 1.10 bits per heavy atom. The number of hydrogen-bond donors (Lipinski definition) is 1. The van der Waals surface area contributed by atoms with Gasteiger partial charge in [-0.05, 0) is 36.1 Å². The van der Waals surface area contributed by atoms with Crippen LogP contribution in [0.15, 0.2) is 60.7 Å². The van der Waals surface area contributed by atoms with Gasteiger partial charge in [-0.1, -0.05) is 55.5 Å². The molecule has 2 aromatic rings. The first-order chi connectivity index (χ1) is 10.2. The van der Waals surface area contributed by atoms with Gasteiger partial charge in [0.05, 0.1) is 0 Å². The molecular formula is C17H20N2OS. The van der Waals surface area contributed by atoms with Crippen molar-refractivity contribution in [2.24, 2.45) is 0 Å². The van der Waals surface area contributed by atoms with Gasteiger partial charge in [0, 0.05) is 18.0 Å². The monoisotopic (exact) mass is 300 g/mol. The standard InChI is InChI=1S/C17H20N2OS/c1-3-16(14-10-6-4-7-11-14)21-19(2)17(20)18-15-12-8-5-9-13-15/h4-13,16H,3H2,1-2H3,(H,18,20). The summed E-state index contributed by atoms with van der Waals surface area (Å²) >= 11 is 1.55. The van der Waals surface area contributed by atoms with Crippen LogP contribution in [0.2, 0.25) is 0 Å². The van der Waals surface area contributed by atoms with Crippen LogP contribution in [0.1, 0.15) is 24.2 Å². The number of hydrogen-bond acceptors (Lipinski definition) is 2. The van der Waals surface area contributed by atoms with Gasteiger partial charge in [-0.2, -0.15) is 0 Å². The molecule has 0 saturated carbocycles. The molecule has 0 aliphatic heterocycles. The Morgan fingerprint density at radius 2 is 1.67 bits per heavy atom. The Balaban J connectivity index is 1.96. The van der Waals surface area contributed by atoms with Crippen LogP contribution in [-0.2, 0) is 0 Å². The third-order valence-electron chi connectivity index (χ3n) is 3.14. The van der Waals surface area contributed by atoms with Crippen LogP contribution in [0.3, 0.4) is 0 Å². The van der Waals surface area contributed by atoms with Crippen molar-refractivity contribution in [3.05, 3.63) is 66.2 Å². The highest BCUT2D eigenvalue weighted by Gasteiger charge is 2.17. The number of rotatable bonds is 5. The summed E-state index contributed by atoms with van der Waals surface area (Å²) in [7, 11) is 1.80. The largest absolute Gasteiger partial charge is 0.331 e. The average molecular weight is 300 g/mol. The maximum Gasteiger partial charge on any atom is 0.331 e. The number of carbonyl (C=O) groups is 1. The molecule has 3 nitrogen and oxygen atoms in total. The fourth-order valence-corrected chi connectivity index (χ4v) is 2.95. The van der Waals surface area contributed by atoms with E-state index in [1.165, 1.54) is 5.56 Å². The lowest BCUT2D eigenvalue weighted by Gasteiger charge is -2.22. The van der Waals surface area contributed by atoms with E-state index in [0.29, 0.717) is 0 Å².